The molecule has 1 unspecified atom stereocenters. The van der Waals surface area contributed by atoms with Crippen molar-refractivity contribution in [3.8, 4) is 0 Å². The lowest BCUT2D eigenvalue weighted by atomic mass is 9.96. The summed E-state index contributed by atoms with van der Waals surface area (Å²) in [6.07, 6.45) is 2.29. The van der Waals surface area contributed by atoms with Crippen LogP contribution in [0, 0.1) is 12.8 Å². The van der Waals surface area contributed by atoms with Crippen LogP contribution in [0.2, 0.25) is 0 Å². The van der Waals surface area contributed by atoms with Crippen molar-refractivity contribution in [2.24, 2.45) is 11.7 Å². The summed E-state index contributed by atoms with van der Waals surface area (Å²) in [5, 5.41) is 6.85. The van der Waals surface area contributed by atoms with Crippen molar-refractivity contribution in [3.63, 3.8) is 0 Å². The molecule has 0 radical (unpaired) electrons. The van der Waals surface area contributed by atoms with E-state index in [-0.39, 0.29) is 11.4 Å². The number of aryl methyl sites for hydroxylation is 1. The second-order valence-electron chi connectivity index (χ2n) is 4.54. The van der Waals surface area contributed by atoms with E-state index in [0.29, 0.717) is 23.0 Å². The Bertz CT molecular complexity index is 401. The van der Waals surface area contributed by atoms with Gasteiger partial charge in [0.2, 0.25) is 0 Å². The predicted molar refractivity (Wildman–Crippen MR) is 62.3 cm³/mol. The summed E-state index contributed by atoms with van der Waals surface area (Å²) in [7, 11) is 0. The molecule has 2 rings (SSSR count). The topological polar surface area (TPSA) is 80.9 Å². The lowest BCUT2D eigenvalue weighted by Crippen LogP contribution is -2.53. The van der Waals surface area contributed by atoms with Crippen LogP contribution in [0.3, 0.4) is 0 Å². The van der Waals surface area contributed by atoms with Gasteiger partial charge < -0.3 is 11.1 Å². The first-order valence-corrected chi connectivity index (χ1v) is 6.15. The lowest BCUT2D eigenvalue weighted by Gasteiger charge is -2.29. The van der Waals surface area contributed by atoms with Gasteiger partial charge in [-0.15, -0.1) is 5.10 Å². The molecule has 5 nitrogen and oxygen atoms in total. The fraction of sp³-hybridized carbons (Fsp3) is 0.700. The molecule has 3 N–H and O–H groups in total. The molecule has 16 heavy (non-hydrogen) atoms. The summed E-state index contributed by atoms with van der Waals surface area (Å²) in [4.78, 5) is 12.6. The summed E-state index contributed by atoms with van der Waals surface area (Å²) in [5.74, 6) is 0.412. The maximum absolute atomic E-state index is 12.0. The fourth-order valence-corrected chi connectivity index (χ4v) is 2.35. The lowest BCUT2D eigenvalue weighted by molar-refractivity contribution is 0.0901. The number of rotatable bonds is 4. The largest absolute Gasteiger partial charge is 0.345 e. The first-order chi connectivity index (χ1) is 7.57. The quantitative estimate of drug-likeness (QED) is 0.812. The van der Waals surface area contributed by atoms with Crippen molar-refractivity contribution in [3.05, 3.63) is 10.6 Å². The molecule has 1 saturated carbocycles. The van der Waals surface area contributed by atoms with Crippen LogP contribution >= 0.6 is 11.5 Å². The van der Waals surface area contributed by atoms with E-state index in [1.807, 2.05) is 6.92 Å². The number of hydrogen-bond donors (Lipinski definition) is 2. The fourth-order valence-electron chi connectivity index (χ4n) is 1.80. The van der Waals surface area contributed by atoms with Gasteiger partial charge in [-0.3, -0.25) is 4.79 Å². The monoisotopic (exact) mass is 240 g/mol. The standard InChI is InChI=1S/C10H16N4OS/c1-6-8(16-14-13-6)9(15)12-10(2,5-11)7-3-4-7/h7H,3-5,11H2,1-2H3,(H,12,15). The molecule has 1 fully saturated rings. The van der Waals surface area contributed by atoms with Gasteiger partial charge in [0, 0.05) is 6.54 Å². The number of nitrogens with one attached hydrogen (secondary N) is 1. The normalized spacial score (nSPS) is 19.2. The number of hydrogen-bond acceptors (Lipinski definition) is 5. The number of nitrogens with zero attached hydrogens (tertiary/aromatic N) is 2. The van der Waals surface area contributed by atoms with E-state index >= 15 is 0 Å². The van der Waals surface area contributed by atoms with Crippen LogP contribution < -0.4 is 11.1 Å². The Balaban J connectivity index is 2.09. The van der Waals surface area contributed by atoms with E-state index in [4.69, 9.17) is 5.73 Å². The van der Waals surface area contributed by atoms with Crippen molar-refractivity contribution < 1.29 is 4.79 Å². The maximum Gasteiger partial charge on any atom is 0.265 e. The van der Waals surface area contributed by atoms with Gasteiger partial charge in [0.05, 0.1) is 11.2 Å². The molecular weight excluding hydrogens is 224 g/mol. The Morgan fingerprint density at radius 3 is 2.81 bits per heavy atom. The third-order valence-corrected chi connectivity index (χ3v) is 3.99. The molecule has 0 saturated heterocycles. The van der Waals surface area contributed by atoms with Gasteiger partial charge >= 0.3 is 0 Å². The van der Waals surface area contributed by atoms with Gasteiger partial charge in [-0.2, -0.15) is 0 Å². The van der Waals surface area contributed by atoms with Crippen LogP contribution in [0.25, 0.3) is 0 Å². The predicted octanol–water partition coefficient (Wildman–Crippen LogP) is 0.704. The van der Waals surface area contributed by atoms with Crippen molar-refractivity contribution in [2.45, 2.75) is 32.2 Å². The Morgan fingerprint density at radius 2 is 2.38 bits per heavy atom. The number of carbonyl (C=O) groups is 1. The van der Waals surface area contributed by atoms with Crippen LogP contribution in [0.4, 0.5) is 0 Å². The molecule has 1 aliphatic carbocycles. The highest BCUT2D eigenvalue weighted by molar-refractivity contribution is 7.08. The molecule has 0 spiro atoms. The molecule has 1 heterocycles. The minimum absolute atomic E-state index is 0.104. The zero-order valence-electron chi connectivity index (χ0n) is 9.49. The zero-order chi connectivity index (χ0) is 11.8. The molecule has 6 heteroatoms. The highest BCUT2D eigenvalue weighted by Crippen LogP contribution is 2.39. The number of aromatic nitrogens is 2. The minimum atomic E-state index is -0.284. The van der Waals surface area contributed by atoms with E-state index in [1.165, 1.54) is 0 Å². The average molecular weight is 240 g/mol. The number of carbonyl (C=O) groups excluding carboxylic acids is 1. The van der Waals surface area contributed by atoms with Crippen molar-refractivity contribution in [1.29, 1.82) is 0 Å². The van der Waals surface area contributed by atoms with Crippen LogP contribution in [-0.2, 0) is 0 Å². The first-order valence-electron chi connectivity index (χ1n) is 5.38. The first kappa shape index (κ1) is 11.5. The van der Waals surface area contributed by atoms with Crippen LogP contribution in [0.1, 0.15) is 35.1 Å². The van der Waals surface area contributed by atoms with Gasteiger partial charge in [-0.25, -0.2) is 0 Å². The highest BCUT2D eigenvalue weighted by atomic mass is 32.1. The molecule has 1 aromatic heterocycles. The van der Waals surface area contributed by atoms with E-state index in [0.717, 1.165) is 24.4 Å². The molecule has 1 amide bonds. The molecule has 0 bridgehead atoms. The van der Waals surface area contributed by atoms with Crippen molar-refractivity contribution >= 4 is 17.4 Å². The summed E-state index contributed by atoms with van der Waals surface area (Å²) in [6.45, 7) is 4.26. The summed E-state index contributed by atoms with van der Waals surface area (Å²) in [5.41, 5.74) is 6.14. The van der Waals surface area contributed by atoms with Gasteiger partial charge in [0.25, 0.3) is 5.91 Å². The van der Waals surface area contributed by atoms with Crippen LogP contribution in [-0.4, -0.2) is 27.6 Å². The Kier molecular flexibility index (Phi) is 2.94. The van der Waals surface area contributed by atoms with Crippen molar-refractivity contribution in [2.75, 3.05) is 6.54 Å². The molecule has 0 aromatic carbocycles. The third kappa shape index (κ3) is 2.08. The molecule has 88 valence electrons. The zero-order valence-corrected chi connectivity index (χ0v) is 10.3. The van der Waals surface area contributed by atoms with Crippen molar-refractivity contribution in [1.82, 2.24) is 14.9 Å². The molecule has 1 aromatic rings. The second-order valence-corrected chi connectivity index (χ2v) is 5.29. The Labute approximate surface area is 98.6 Å². The Hall–Kier alpha value is -1.01. The number of nitrogens with two attached hydrogens (primary N) is 1. The number of amides is 1. The van der Waals surface area contributed by atoms with E-state index in [1.54, 1.807) is 6.92 Å². The highest BCUT2D eigenvalue weighted by Gasteiger charge is 2.42. The third-order valence-electron chi connectivity index (χ3n) is 3.16. The van der Waals surface area contributed by atoms with Crippen LogP contribution in [0.5, 0.6) is 0 Å². The second kappa shape index (κ2) is 4.10. The van der Waals surface area contributed by atoms with E-state index in [9.17, 15) is 4.79 Å². The average Bonchev–Trinajstić information content (AvgIpc) is 3.02. The minimum Gasteiger partial charge on any atom is -0.345 e. The van der Waals surface area contributed by atoms with Gasteiger partial charge in [0.15, 0.2) is 0 Å². The van der Waals surface area contributed by atoms with Gasteiger partial charge in [-0.1, -0.05) is 4.49 Å². The molecule has 1 aliphatic rings. The maximum atomic E-state index is 12.0. The van der Waals surface area contributed by atoms with E-state index in [2.05, 4.69) is 14.9 Å². The van der Waals surface area contributed by atoms with E-state index < -0.39 is 0 Å². The summed E-state index contributed by atoms with van der Waals surface area (Å²) < 4.78 is 3.76. The van der Waals surface area contributed by atoms with Crippen LogP contribution in [0.15, 0.2) is 0 Å². The van der Waals surface area contributed by atoms with Gasteiger partial charge in [-0.05, 0) is 44.1 Å². The smallest absolute Gasteiger partial charge is 0.265 e. The van der Waals surface area contributed by atoms with Gasteiger partial charge in [0.1, 0.15) is 4.88 Å². The summed E-state index contributed by atoms with van der Waals surface area (Å²) >= 11 is 1.13. The SMILES string of the molecule is Cc1nnsc1C(=O)NC(C)(CN)C1CC1. The Morgan fingerprint density at radius 1 is 1.69 bits per heavy atom. The molecule has 1 atom stereocenters. The molecule has 0 aliphatic heterocycles. The summed E-state index contributed by atoms with van der Waals surface area (Å²) in [6, 6.07) is 0. The molecular formula is C10H16N4OS.